The van der Waals surface area contributed by atoms with Crippen LogP contribution in [0.1, 0.15) is 34.1 Å². The van der Waals surface area contributed by atoms with E-state index in [0.717, 1.165) is 25.6 Å². The number of hydrogen-bond donors (Lipinski definition) is 1. The Labute approximate surface area is 101 Å². The van der Waals surface area contributed by atoms with E-state index in [-0.39, 0.29) is 5.54 Å². The molecule has 0 aliphatic carbocycles. The van der Waals surface area contributed by atoms with Gasteiger partial charge in [-0.05, 0) is 39.8 Å². The summed E-state index contributed by atoms with van der Waals surface area (Å²) in [6.07, 6.45) is 1.28. The summed E-state index contributed by atoms with van der Waals surface area (Å²) in [4.78, 5) is 5.02. The van der Waals surface area contributed by atoms with Crippen molar-refractivity contribution in [3.05, 3.63) is 0 Å². The Morgan fingerprint density at radius 1 is 1.38 bits per heavy atom. The molecule has 0 amide bonds. The molecule has 3 heteroatoms. The highest BCUT2D eigenvalue weighted by Crippen LogP contribution is 2.23. The van der Waals surface area contributed by atoms with Crippen molar-refractivity contribution in [3.8, 4) is 0 Å². The van der Waals surface area contributed by atoms with E-state index >= 15 is 0 Å². The van der Waals surface area contributed by atoms with Gasteiger partial charge in [0.2, 0.25) is 0 Å². The summed E-state index contributed by atoms with van der Waals surface area (Å²) < 4.78 is 0. The minimum Gasteiger partial charge on any atom is -0.329 e. The molecule has 1 aliphatic heterocycles. The van der Waals surface area contributed by atoms with Crippen LogP contribution in [0.2, 0.25) is 0 Å². The van der Waals surface area contributed by atoms with Gasteiger partial charge < -0.3 is 5.73 Å². The molecule has 0 bridgehead atoms. The maximum Gasteiger partial charge on any atom is 0.0343 e. The number of rotatable bonds is 4. The van der Waals surface area contributed by atoms with Gasteiger partial charge in [0, 0.05) is 31.2 Å². The summed E-state index contributed by atoms with van der Waals surface area (Å²) in [5.74, 6) is 0.784. The predicted molar refractivity (Wildman–Crippen MR) is 70.6 cm³/mol. The van der Waals surface area contributed by atoms with Gasteiger partial charge >= 0.3 is 0 Å². The van der Waals surface area contributed by atoms with Crippen LogP contribution < -0.4 is 5.73 Å². The second-order valence-corrected chi connectivity index (χ2v) is 6.25. The summed E-state index contributed by atoms with van der Waals surface area (Å²) in [6, 6.07) is 0.528. The molecule has 0 radical (unpaired) electrons. The molecule has 0 aromatic heterocycles. The van der Waals surface area contributed by atoms with Crippen molar-refractivity contribution in [3.63, 3.8) is 0 Å². The third-order valence-electron chi connectivity index (χ3n) is 3.80. The Kier molecular flexibility index (Phi) is 4.77. The highest BCUT2D eigenvalue weighted by molar-refractivity contribution is 4.94. The molecule has 0 saturated carbocycles. The summed E-state index contributed by atoms with van der Waals surface area (Å²) in [5, 5.41) is 0. The molecule has 1 atom stereocenters. The lowest BCUT2D eigenvalue weighted by Crippen LogP contribution is -2.63. The van der Waals surface area contributed by atoms with Gasteiger partial charge in [-0.1, -0.05) is 13.8 Å². The summed E-state index contributed by atoms with van der Waals surface area (Å²) in [5.41, 5.74) is 6.12. The highest BCUT2D eigenvalue weighted by Gasteiger charge is 2.36. The Morgan fingerprint density at radius 3 is 2.50 bits per heavy atom. The fourth-order valence-electron chi connectivity index (χ4n) is 2.54. The average Bonchev–Trinajstić information content (AvgIpc) is 2.15. The van der Waals surface area contributed by atoms with Crippen LogP contribution in [0.3, 0.4) is 0 Å². The Balaban J connectivity index is 2.59. The lowest BCUT2D eigenvalue weighted by Gasteiger charge is -2.50. The standard InChI is InChI=1S/C13H29N3/c1-11(2)6-7-16-9-12(8-14)15(5)10-13(16,3)4/h11-12H,6-10,14H2,1-5H3. The molecule has 0 aromatic carbocycles. The average molecular weight is 227 g/mol. The van der Waals surface area contributed by atoms with Crippen LogP contribution in [0.25, 0.3) is 0 Å². The molecule has 96 valence electrons. The monoisotopic (exact) mass is 227 g/mol. The molecule has 1 rings (SSSR count). The van der Waals surface area contributed by atoms with Crippen molar-refractivity contribution in [2.45, 2.75) is 45.7 Å². The number of hydrogen-bond acceptors (Lipinski definition) is 3. The molecule has 1 unspecified atom stereocenters. The van der Waals surface area contributed by atoms with Crippen molar-refractivity contribution >= 4 is 0 Å². The lowest BCUT2D eigenvalue weighted by molar-refractivity contribution is -0.00426. The maximum absolute atomic E-state index is 5.83. The van der Waals surface area contributed by atoms with Crippen molar-refractivity contribution in [1.29, 1.82) is 0 Å². The van der Waals surface area contributed by atoms with Crippen molar-refractivity contribution in [2.75, 3.05) is 33.2 Å². The minimum atomic E-state index is 0.287. The van der Waals surface area contributed by atoms with Crippen LogP contribution in [0, 0.1) is 5.92 Å². The Hall–Kier alpha value is -0.120. The molecule has 1 heterocycles. The van der Waals surface area contributed by atoms with Crippen molar-refractivity contribution in [2.24, 2.45) is 11.7 Å². The summed E-state index contributed by atoms with van der Waals surface area (Å²) in [6.45, 7) is 13.5. The normalized spacial score (nSPS) is 27.6. The zero-order valence-corrected chi connectivity index (χ0v) is 11.7. The van der Waals surface area contributed by atoms with Gasteiger partial charge in [0.05, 0.1) is 0 Å². The van der Waals surface area contributed by atoms with Crippen molar-refractivity contribution in [1.82, 2.24) is 9.80 Å². The predicted octanol–water partition coefficient (Wildman–Crippen LogP) is 1.39. The third kappa shape index (κ3) is 3.44. The van der Waals surface area contributed by atoms with Gasteiger partial charge in [-0.2, -0.15) is 0 Å². The van der Waals surface area contributed by atoms with E-state index in [4.69, 9.17) is 5.73 Å². The molecule has 16 heavy (non-hydrogen) atoms. The van der Waals surface area contributed by atoms with Gasteiger partial charge in [-0.15, -0.1) is 0 Å². The quantitative estimate of drug-likeness (QED) is 0.788. The maximum atomic E-state index is 5.83. The molecule has 0 spiro atoms. The molecule has 1 aliphatic rings. The summed E-state index contributed by atoms with van der Waals surface area (Å²) in [7, 11) is 2.19. The lowest BCUT2D eigenvalue weighted by atomic mass is 9.95. The highest BCUT2D eigenvalue weighted by atomic mass is 15.3. The van der Waals surface area contributed by atoms with E-state index in [1.807, 2.05) is 0 Å². The first kappa shape index (κ1) is 13.9. The Bertz CT molecular complexity index is 213. The van der Waals surface area contributed by atoms with E-state index in [1.165, 1.54) is 13.0 Å². The number of likely N-dealkylation sites (N-methyl/N-ethyl adjacent to an activating group) is 1. The molecule has 1 saturated heterocycles. The van der Waals surface area contributed by atoms with E-state index < -0.39 is 0 Å². The molecule has 2 N–H and O–H groups in total. The zero-order chi connectivity index (χ0) is 12.3. The van der Waals surface area contributed by atoms with Gasteiger partial charge in [-0.25, -0.2) is 0 Å². The second-order valence-electron chi connectivity index (χ2n) is 6.25. The first-order valence-electron chi connectivity index (χ1n) is 6.52. The van der Waals surface area contributed by atoms with E-state index in [9.17, 15) is 0 Å². The fraction of sp³-hybridized carbons (Fsp3) is 1.00. The molecular weight excluding hydrogens is 198 g/mol. The topological polar surface area (TPSA) is 32.5 Å². The SMILES string of the molecule is CC(C)CCN1CC(CN)N(C)CC1(C)C. The van der Waals surface area contributed by atoms with Crippen LogP contribution in [0.5, 0.6) is 0 Å². The molecular formula is C13H29N3. The van der Waals surface area contributed by atoms with Crippen LogP contribution >= 0.6 is 0 Å². The van der Waals surface area contributed by atoms with Gasteiger partial charge in [0.25, 0.3) is 0 Å². The Morgan fingerprint density at radius 2 is 2.00 bits per heavy atom. The largest absolute Gasteiger partial charge is 0.329 e. The number of nitrogens with two attached hydrogens (primary N) is 1. The first-order chi connectivity index (χ1) is 7.36. The fourth-order valence-corrected chi connectivity index (χ4v) is 2.54. The van der Waals surface area contributed by atoms with Crippen LogP contribution in [0.15, 0.2) is 0 Å². The minimum absolute atomic E-state index is 0.287. The molecule has 1 fully saturated rings. The van der Waals surface area contributed by atoms with E-state index in [0.29, 0.717) is 6.04 Å². The van der Waals surface area contributed by atoms with Gasteiger partial charge in [-0.3, -0.25) is 9.80 Å². The van der Waals surface area contributed by atoms with Crippen LogP contribution in [-0.4, -0.2) is 54.6 Å². The van der Waals surface area contributed by atoms with Gasteiger partial charge in [0.15, 0.2) is 0 Å². The first-order valence-corrected chi connectivity index (χ1v) is 6.52. The van der Waals surface area contributed by atoms with Gasteiger partial charge in [0.1, 0.15) is 0 Å². The number of nitrogens with zero attached hydrogens (tertiary/aromatic N) is 2. The van der Waals surface area contributed by atoms with Crippen molar-refractivity contribution < 1.29 is 0 Å². The third-order valence-corrected chi connectivity index (χ3v) is 3.80. The summed E-state index contributed by atoms with van der Waals surface area (Å²) >= 11 is 0. The molecule has 0 aromatic rings. The second kappa shape index (κ2) is 5.48. The smallest absolute Gasteiger partial charge is 0.0343 e. The van der Waals surface area contributed by atoms with E-state index in [2.05, 4.69) is 44.5 Å². The molecule has 3 nitrogen and oxygen atoms in total. The van der Waals surface area contributed by atoms with Crippen LogP contribution in [0.4, 0.5) is 0 Å². The number of piperazine rings is 1. The van der Waals surface area contributed by atoms with E-state index in [1.54, 1.807) is 0 Å². The van der Waals surface area contributed by atoms with Crippen LogP contribution in [-0.2, 0) is 0 Å². The zero-order valence-electron chi connectivity index (χ0n) is 11.7.